The van der Waals surface area contributed by atoms with Crippen molar-refractivity contribution in [2.24, 2.45) is 0 Å². The number of rotatable bonds is 1. The van der Waals surface area contributed by atoms with Crippen LogP contribution in [0.1, 0.15) is 12.5 Å². The van der Waals surface area contributed by atoms with Gasteiger partial charge in [0.05, 0.1) is 5.70 Å². The molecule has 1 aliphatic rings. The number of allylic oxidation sites excluding steroid dienone is 4. The number of hydrogen-bond donors (Lipinski definition) is 0. The topological polar surface area (TPSA) is 22.0 Å². The maximum Gasteiger partial charge on any atom is 0.257 e. The molecule has 1 aliphatic carbocycles. The summed E-state index contributed by atoms with van der Waals surface area (Å²) in [5, 5.41) is 0. The van der Waals surface area contributed by atoms with Gasteiger partial charge in [0.1, 0.15) is 5.83 Å². The summed E-state index contributed by atoms with van der Waals surface area (Å²) in [7, 11) is 0. The second kappa shape index (κ2) is 3.40. The van der Waals surface area contributed by atoms with E-state index in [4.69, 9.17) is 0 Å². The molecule has 2 rings (SSSR count). The number of nitrogens with zero attached hydrogens (tertiary/aromatic N) is 1. The molecule has 84 valence electrons. The SMILES string of the molecule is Cc1cccn(C2=CC=C(F)[C@@]2(C)F)c1=O. The van der Waals surface area contributed by atoms with Gasteiger partial charge in [-0.05, 0) is 32.1 Å². The largest absolute Gasteiger partial charge is 0.284 e. The Hall–Kier alpha value is -1.71. The van der Waals surface area contributed by atoms with E-state index in [1.54, 1.807) is 19.1 Å². The molecule has 0 unspecified atom stereocenters. The minimum absolute atomic E-state index is 0.0127. The van der Waals surface area contributed by atoms with Crippen LogP contribution in [0.2, 0.25) is 0 Å². The lowest BCUT2D eigenvalue weighted by Crippen LogP contribution is -2.29. The molecule has 1 heterocycles. The van der Waals surface area contributed by atoms with Crippen molar-refractivity contribution in [3.8, 4) is 0 Å². The molecule has 0 aliphatic heterocycles. The summed E-state index contributed by atoms with van der Waals surface area (Å²) < 4.78 is 28.3. The highest BCUT2D eigenvalue weighted by atomic mass is 19.2. The zero-order chi connectivity index (χ0) is 11.9. The summed E-state index contributed by atoms with van der Waals surface area (Å²) in [6, 6.07) is 3.26. The first-order valence-electron chi connectivity index (χ1n) is 4.90. The quantitative estimate of drug-likeness (QED) is 0.717. The first-order chi connectivity index (χ1) is 7.44. The van der Waals surface area contributed by atoms with Crippen LogP contribution in [0.3, 0.4) is 0 Å². The summed E-state index contributed by atoms with van der Waals surface area (Å²) in [4.78, 5) is 11.8. The molecule has 4 heteroatoms. The Bertz CT molecular complexity index is 552. The molecule has 1 atom stereocenters. The van der Waals surface area contributed by atoms with Crippen LogP contribution in [0.5, 0.6) is 0 Å². The summed E-state index contributed by atoms with van der Waals surface area (Å²) in [5.74, 6) is -0.879. The number of aryl methyl sites for hydroxylation is 1. The van der Waals surface area contributed by atoms with Gasteiger partial charge in [-0.25, -0.2) is 8.78 Å². The molecule has 0 saturated heterocycles. The monoisotopic (exact) mass is 223 g/mol. The van der Waals surface area contributed by atoms with E-state index < -0.39 is 11.5 Å². The van der Waals surface area contributed by atoms with Gasteiger partial charge in [-0.2, -0.15) is 0 Å². The third-order valence-electron chi connectivity index (χ3n) is 2.71. The lowest BCUT2D eigenvalue weighted by atomic mass is 10.1. The predicted octanol–water partition coefficient (Wildman–Crippen LogP) is 2.59. The van der Waals surface area contributed by atoms with Crippen LogP contribution in [0, 0.1) is 6.92 Å². The lowest BCUT2D eigenvalue weighted by molar-refractivity contribution is 0.268. The fourth-order valence-corrected chi connectivity index (χ4v) is 1.69. The molecular weight excluding hydrogens is 212 g/mol. The third kappa shape index (κ3) is 1.41. The summed E-state index contributed by atoms with van der Waals surface area (Å²) in [5.41, 5.74) is -2.05. The van der Waals surface area contributed by atoms with Crippen LogP contribution in [0.25, 0.3) is 5.70 Å². The molecule has 0 spiro atoms. The predicted molar refractivity (Wildman–Crippen MR) is 58.4 cm³/mol. The van der Waals surface area contributed by atoms with Crippen molar-refractivity contribution in [2.75, 3.05) is 0 Å². The average molecular weight is 223 g/mol. The molecular formula is C12H11F2NO. The first kappa shape index (κ1) is 10.8. The van der Waals surface area contributed by atoms with E-state index in [0.29, 0.717) is 5.56 Å². The van der Waals surface area contributed by atoms with Crippen LogP contribution in [0.15, 0.2) is 41.1 Å². The number of hydrogen-bond acceptors (Lipinski definition) is 1. The Labute approximate surface area is 91.5 Å². The van der Waals surface area contributed by atoms with Crippen molar-refractivity contribution in [1.29, 1.82) is 0 Å². The van der Waals surface area contributed by atoms with Crippen molar-refractivity contribution in [3.05, 3.63) is 52.2 Å². The lowest BCUT2D eigenvalue weighted by Gasteiger charge is -2.19. The van der Waals surface area contributed by atoms with Gasteiger partial charge in [-0.3, -0.25) is 9.36 Å². The molecule has 0 fully saturated rings. The van der Waals surface area contributed by atoms with Crippen LogP contribution in [-0.4, -0.2) is 10.2 Å². The highest BCUT2D eigenvalue weighted by Crippen LogP contribution is 2.37. The van der Waals surface area contributed by atoms with Gasteiger partial charge in [0.15, 0.2) is 5.67 Å². The third-order valence-corrected chi connectivity index (χ3v) is 2.71. The molecule has 16 heavy (non-hydrogen) atoms. The normalized spacial score (nSPS) is 24.2. The first-order valence-corrected chi connectivity index (χ1v) is 4.90. The maximum atomic E-state index is 14.0. The Morgan fingerprint density at radius 2 is 2.06 bits per heavy atom. The van der Waals surface area contributed by atoms with Crippen LogP contribution >= 0.6 is 0 Å². The summed E-state index contributed by atoms with van der Waals surface area (Å²) in [6.45, 7) is 2.74. The average Bonchev–Trinajstić information content (AvgIpc) is 2.48. The van der Waals surface area contributed by atoms with Crippen molar-refractivity contribution in [2.45, 2.75) is 19.5 Å². The molecule has 0 saturated carbocycles. The highest BCUT2D eigenvalue weighted by Gasteiger charge is 2.38. The second-order valence-corrected chi connectivity index (χ2v) is 3.94. The molecule has 0 amide bonds. The zero-order valence-corrected chi connectivity index (χ0v) is 9.00. The van der Waals surface area contributed by atoms with Crippen molar-refractivity contribution < 1.29 is 8.78 Å². The Morgan fingerprint density at radius 3 is 2.62 bits per heavy atom. The minimum Gasteiger partial charge on any atom is -0.284 e. The fraction of sp³-hybridized carbons (Fsp3) is 0.250. The van der Waals surface area contributed by atoms with Gasteiger partial charge in [0.25, 0.3) is 5.56 Å². The van der Waals surface area contributed by atoms with Gasteiger partial charge >= 0.3 is 0 Å². The highest BCUT2D eigenvalue weighted by molar-refractivity contribution is 5.66. The Kier molecular flexibility index (Phi) is 2.30. The van der Waals surface area contributed by atoms with Crippen molar-refractivity contribution >= 4 is 5.70 Å². The second-order valence-electron chi connectivity index (χ2n) is 3.94. The van der Waals surface area contributed by atoms with Crippen LogP contribution in [0.4, 0.5) is 8.78 Å². The minimum atomic E-state index is -2.22. The van der Waals surface area contributed by atoms with Gasteiger partial charge < -0.3 is 0 Å². The van der Waals surface area contributed by atoms with Crippen molar-refractivity contribution in [3.63, 3.8) is 0 Å². The maximum absolute atomic E-state index is 14.0. The zero-order valence-electron chi connectivity index (χ0n) is 9.00. The van der Waals surface area contributed by atoms with E-state index in [2.05, 4.69) is 0 Å². The van der Waals surface area contributed by atoms with Crippen LogP contribution < -0.4 is 5.56 Å². The number of pyridine rings is 1. The van der Waals surface area contributed by atoms with E-state index in [-0.39, 0.29) is 11.3 Å². The van der Waals surface area contributed by atoms with Gasteiger partial charge in [-0.15, -0.1) is 0 Å². The number of halogens is 2. The van der Waals surface area contributed by atoms with E-state index in [1.165, 1.54) is 12.3 Å². The number of aromatic nitrogens is 1. The van der Waals surface area contributed by atoms with Gasteiger partial charge in [0.2, 0.25) is 0 Å². The smallest absolute Gasteiger partial charge is 0.257 e. The molecule has 1 aromatic heterocycles. The molecule has 1 aromatic rings. The summed E-state index contributed by atoms with van der Waals surface area (Å²) >= 11 is 0. The molecule has 0 radical (unpaired) electrons. The Balaban J connectivity index is 2.58. The Morgan fingerprint density at radius 1 is 1.38 bits per heavy atom. The standard InChI is InChI=1S/C12H11F2NO/c1-8-4-3-7-15(11(8)16)10-6-5-9(13)12(10,2)14/h3-7H,1-2H3/t12-/m1/s1. The fourth-order valence-electron chi connectivity index (χ4n) is 1.69. The molecule has 2 nitrogen and oxygen atoms in total. The van der Waals surface area contributed by atoms with E-state index >= 15 is 0 Å². The molecule has 0 N–H and O–H groups in total. The van der Waals surface area contributed by atoms with E-state index in [1.807, 2.05) is 0 Å². The van der Waals surface area contributed by atoms with E-state index in [0.717, 1.165) is 17.6 Å². The number of alkyl halides is 1. The summed E-state index contributed by atoms with van der Waals surface area (Å²) in [6.07, 6.45) is 3.77. The molecule has 0 aromatic carbocycles. The van der Waals surface area contributed by atoms with Crippen molar-refractivity contribution in [1.82, 2.24) is 4.57 Å². The molecule has 0 bridgehead atoms. The van der Waals surface area contributed by atoms with Gasteiger partial charge in [0, 0.05) is 11.8 Å². The van der Waals surface area contributed by atoms with Crippen LogP contribution in [-0.2, 0) is 0 Å². The van der Waals surface area contributed by atoms with Gasteiger partial charge in [-0.1, -0.05) is 6.07 Å². The van der Waals surface area contributed by atoms with E-state index in [9.17, 15) is 13.6 Å².